The smallest absolute Gasteiger partial charge is 0.237 e. The molecule has 19 heavy (non-hydrogen) atoms. The van der Waals surface area contributed by atoms with Crippen LogP contribution in [-0.2, 0) is 9.53 Å². The lowest BCUT2D eigenvalue weighted by atomic mass is 9.94. The second kappa shape index (κ2) is 5.38. The molecule has 5 nitrogen and oxygen atoms in total. The van der Waals surface area contributed by atoms with E-state index in [1.165, 1.54) is 0 Å². The molecule has 1 atom stereocenters. The molecule has 110 valence electrons. The number of hydrogen-bond donors (Lipinski definition) is 2. The van der Waals surface area contributed by atoms with E-state index in [2.05, 4.69) is 24.1 Å². The van der Waals surface area contributed by atoms with E-state index in [0.717, 1.165) is 45.6 Å². The summed E-state index contributed by atoms with van der Waals surface area (Å²) in [5.74, 6) is -0.245. The van der Waals surface area contributed by atoms with Gasteiger partial charge in [-0.2, -0.15) is 0 Å². The lowest BCUT2D eigenvalue weighted by Gasteiger charge is -2.43. The second-order valence-electron chi connectivity index (χ2n) is 6.72. The monoisotopic (exact) mass is 269 g/mol. The predicted octanol–water partition coefficient (Wildman–Crippen LogP) is 0.483. The maximum atomic E-state index is 11.7. The van der Waals surface area contributed by atoms with Crippen molar-refractivity contribution < 1.29 is 9.53 Å². The fourth-order valence-corrected chi connectivity index (χ4v) is 2.61. The largest absolute Gasteiger partial charge is 0.378 e. The lowest BCUT2D eigenvalue weighted by Crippen LogP contribution is -2.58. The van der Waals surface area contributed by atoms with Gasteiger partial charge in [-0.25, -0.2) is 0 Å². The van der Waals surface area contributed by atoms with Crippen molar-refractivity contribution in [3.8, 4) is 0 Å². The Kier molecular flexibility index (Phi) is 4.18. The quantitative estimate of drug-likeness (QED) is 0.736. The van der Waals surface area contributed by atoms with Crippen LogP contribution >= 0.6 is 0 Å². The Balaban J connectivity index is 1.92. The molecule has 2 rings (SSSR count). The summed E-state index contributed by atoms with van der Waals surface area (Å²) in [6.45, 7) is 9.61. The minimum Gasteiger partial charge on any atom is -0.378 e. The molecule has 1 heterocycles. The predicted molar refractivity (Wildman–Crippen MR) is 74.8 cm³/mol. The molecule has 0 spiro atoms. The molecule has 1 aliphatic carbocycles. The highest BCUT2D eigenvalue weighted by atomic mass is 16.5. The third-order valence-corrected chi connectivity index (χ3v) is 4.34. The minimum absolute atomic E-state index is 0.0381. The number of hydrogen-bond acceptors (Lipinski definition) is 4. The van der Waals surface area contributed by atoms with Crippen molar-refractivity contribution in [2.24, 2.45) is 5.73 Å². The van der Waals surface area contributed by atoms with Crippen molar-refractivity contribution in [3.05, 3.63) is 0 Å². The van der Waals surface area contributed by atoms with E-state index in [1.54, 1.807) is 0 Å². The maximum absolute atomic E-state index is 11.7. The lowest BCUT2D eigenvalue weighted by molar-refractivity contribution is -0.124. The van der Waals surface area contributed by atoms with E-state index >= 15 is 0 Å². The molecule has 1 saturated heterocycles. The van der Waals surface area contributed by atoms with E-state index < -0.39 is 5.54 Å². The van der Waals surface area contributed by atoms with Gasteiger partial charge in [0.2, 0.25) is 5.91 Å². The zero-order valence-electron chi connectivity index (χ0n) is 12.4. The first-order valence-corrected chi connectivity index (χ1v) is 7.24. The van der Waals surface area contributed by atoms with Crippen LogP contribution in [0.5, 0.6) is 0 Å². The van der Waals surface area contributed by atoms with E-state index in [4.69, 9.17) is 10.5 Å². The molecular formula is C14H27N3O2. The number of primary amides is 1. The Morgan fingerprint density at radius 3 is 2.74 bits per heavy atom. The topological polar surface area (TPSA) is 67.6 Å². The highest BCUT2D eigenvalue weighted by molar-refractivity contribution is 5.84. The van der Waals surface area contributed by atoms with Gasteiger partial charge in [0.15, 0.2) is 0 Å². The summed E-state index contributed by atoms with van der Waals surface area (Å²) >= 11 is 0. The van der Waals surface area contributed by atoms with Crippen LogP contribution in [-0.4, -0.2) is 54.2 Å². The molecule has 0 radical (unpaired) electrons. The minimum atomic E-state index is -0.588. The van der Waals surface area contributed by atoms with Crippen LogP contribution in [0, 0.1) is 0 Å². The molecule has 0 bridgehead atoms. The average Bonchev–Trinajstić information content (AvgIpc) is 3.10. The number of nitrogens with two attached hydrogens (primary N) is 1. The van der Waals surface area contributed by atoms with Crippen LogP contribution in [0.15, 0.2) is 0 Å². The van der Waals surface area contributed by atoms with Crippen molar-refractivity contribution in [2.45, 2.75) is 57.2 Å². The normalized spacial score (nSPS) is 26.9. The van der Waals surface area contributed by atoms with Gasteiger partial charge < -0.3 is 15.8 Å². The third-order valence-electron chi connectivity index (χ3n) is 4.34. The first-order valence-electron chi connectivity index (χ1n) is 7.24. The molecule has 1 aliphatic heterocycles. The zero-order chi connectivity index (χ0) is 14.1. The zero-order valence-corrected chi connectivity index (χ0v) is 12.4. The third kappa shape index (κ3) is 3.68. The van der Waals surface area contributed by atoms with Crippen molar-refractivity contribution in [3.63, 3.8) is 0 Å². The summed E-state index contributed by atoms with van der Waals surface area (Å²) in [5, 5.41) is 3.40. The Morgan fingerprint density at radius 1 is 1.53 bits per heavy atom. The number of ether oxygens (including phenoxy) is 1. The molecule has 1 unspecified atom stereocenters. The van der Waals surface area contributed by atoms with Gasteiger partial charge >= 0.3 is 0 Å². The molecule has 0 aromatic rings. The average molecular weight is 269 g/mol. The second-order valence-corrected chi connectivity index (χ2v) is 6.72. The van der Waals surface area contributed by atoms with Crippen LogP contribution < -0.4 is 11.1 Å². The molecule has 0 aromatic carbocycles. The summed E-state index contributed by atoms with van der Waals surface area (Å²) in [6, 6.07) is 0.482. The molecule has 2 aliphatic rings. The van der Waals surface area contributed by atoms with Crippen LogP contribution in [0.3, 0.4) is 0 Å². The van der Waals surface area contributed by atoms with E-state index in [0.29, 0.717) is 6.04 Å². The molecule has 0 aromatic heterocycles. The van der Waals surface area contributed by atoms with Gasteiger partial charge in [-0.05, 0) is 40.0 Å². The summed E-state index contributed by atoms with van der Waals surface area (Å²) in [4.78, 5) is 14.1. The number of amides is 1. The van der Waals surface area contributed by atoms with Crippen LogP contribution in [0.4, 0.5) is 0 Å². The Morgan fingerprint density at radius 2 is 2.21 bits per heavy atom. The Labute approximate surface area is 115 Å². The number of morpholine rings is 1. The molecule has 2 fully saturated rings. The fraction of sp³-hybridized carbons (Fsp3) is 0.929. The molecular weight excluding hydrogens is 242 g/mol. The van der Waals surface area contributed by atoms with Gasteiger partial charge in [0.1, 0.15) is 0 Å². The number of nitrogens with zero attached hydrogens (tertiary/aromatic N) is 1. The van der Waals surface area contributed by atoms with Crippen molar-refractivity contribution in [1.82, 2.24) is 10.2 Å². The number of carbonyl (C=O) groups excluding carboxylic acids is 1. The highest BCUT2D eigenvalue weighted by Gasteiger charge is 2.38. The summed E-state index contributed by atoms with van der Waals surface area (Å²) in [6.07, 6.45) is 3.07. The molecule has 1 amide bonds. The van der Waals surface area contributed by atoms with Crippen LogP contribution in [0.2, 0.25) is 0 Å². The highest BCUT2D eigenvalue weighted by Crippen LogP contribution is 2.26. The number of rotatable bonds is 6. The molecule has 1 saturated carbocycles. The van der Waals surface area contributed by atoms with Crippen molar-refractivity contribution >= 4 is 5.91 Å². The summed E-state index contributed by atoms with van der Waals surface area (Å²) < 4.78 is 5.52. The Bertz CT molecular complexity index is 342. The number of carbonyl (C=O) groups is 1. The first kappa shape index (κ1) is 14.8. The van der Waals surface area contributed by atoms with Gasteiger partial charge in [0.25, 0.3) is 0 Å². The molecule has 3 N–H and O–H groups in total. The van der Waals surface area contributed by atoms with E-state index in [-0.39, 0.29) is 11.4 Å². The van der Waals surface area contributed by atoms with Gasteiger partial charge in [-0.1, -0.05) is 0 Å². The van der Waals surface area contributed by atoms with Gasteiger partial charge in [0.05, 0.1) is 18.8 Å². The SMILES string of the molecule is CC(CCN1CCOCC1(C)C)(NC1CC1)C(N)=O. The fourth-order valence-electron chi connectivity index (χ4n) is 2.61. The standard InChI is InChI=1S/C14H27N3O2/c1-13(2)10-19-9-8-17(13)7-6-14(3,12(15)18)16-11-4-5-11/h11,16H,4-10H2,1-3H3,(H2,15,18). The maximum Gasteiger partial charge on any atom is 0.237 e. The summed E-state index contributed by atoms with van der Waals surface area (Å²) in [7, 11) is 0. The molecule has 5 heteroatoms. The first-order chi connectivity index (χ1) is 8.83. The van der Waals surface area contributed by atoms with E-state index in [9.17, 15) is 4.79 Å². The summed E-state index contributed by atoms with van der Waals surface area (Å²) in [5.41, 5.74) is 5.04. The van der Waals surface area contributed by atoms with Crippen molar-refractivity contribution in [1.29, 1.82) is 0 Å². The van der Waals surface area contributed by atoms with Crippen LogP contribution in [0.1, 0.15) is 40.0 Å². The van der Waals surface area contributed by atoms with Gasteiger partial charge in [-0.15, -0.1) is 0 Å². The Hall–Kier alpha value is -0.650. The van der Waals surface area contributed by atoms with Crippen LogP contribution in [0.25, 0.3) is 0 Å². The van der Waals surface area contributed by atoms with Crippen molar-refractivity contribution in [2.75, 3.05) is 26.3 Å². The number of nitrogens with one attached hydrogen (secondary N) is 1. The van der Waals surface area contributed by atoms with E-state index in [1.807, 2.05) is 6.92 Å². The van der Waals surface area contributed by atoms with Gasteiger partial charge in [0, 0.05) is 24.7 Å². The van der Waals surface area contributed by atoms with Gasteiger partial charge in [-0.3, -0.25) is 9.69 Å².